The Labute approximate surface area is 159 Å². The van der Waals surface area contributed by atoms with Crippen LogP contribution in [-0.4, -0.2) is 64.1 Å². The van der Waals surface area contributed by atoms with Gasteiger partial charge in [-0.05, 0) is 18.3 Å². The van der Waals surface area contributed by atoms with Gasteiger partial charge in [0.05, 0.1) is 39.1 Å². The fourth-order valence-electron chi connectivity index (χ4n) is 3.03. The lowest BCUT2D eigenvalue weighted by atomic mass is 9.78. The molecule has 0 aromatic carbocycles. The molecule has 0 aromatic heterocycles. The van der Waals surface area contributed by atoms with Crippen LogP contribution in [0.25, 0.3) is 0 Å². The highest BCUT2D eigenvalue weighted by Gasteiger charge is 2.39. The lowest BCUT2D eigenvalue weighted by molar-refractivity contribution is -0.251. The summed E-state index contributed by atoms with van der Waals surface area (Å²) >= 11 is 0. The van der Waals surface area contributed by atoms with E-state index >= 15 is 0 Å². The molecule has 0 spiro atoms. The van der Waals surface area contributed by atoms with Crippen molar-refractivity contribution < 1.29 is 36.9 Å². The minimum absolute atomic E-state index is 0.0103. The van der Waals surface area contributed by atoms with Crippen LogP contribution < -0.4 is 5.32 Å². The van der Waals surface area contributed by atoms with E-state index in [-0.39, 0.29) is 32.2 Å². The lowest BCUT2D eigenvalue weighted by Gasteiger charge is -2.43. The Morgan fingerprint density at radius 3 is 2.15 bits per heavy atom. The number of carbonyl (C=O) groups is 1. The van der Waals surface area contributed by atoms with Crippen LogP contribution in [-0.2, 0) is 23.7 Å². The van der Waals surface area contributed by atoms with E-state index in [4.69, 9.17) is 18.9 Å². The van der Waals surface area contributed by atoms with Gasteiger partial charge in [0, 0.05) is 12.5 Å². The van der Waals surface area contributed by atoms with Gasteiger partial charge >= 0.3 is 12.1 Å². The molecule has 6 nitrogen and oxygen atoms in total. The Morgan fingerprint density at radius 1 is 0.963 bits per heavy atom. The van der Waals surface area contributed by atoms with Crippen LogP contribution in [0.4, 0.5) is 13.2 Å². The van der Waals surface area contributed by atoms with Crippen molar-refractivity contribution in [2.45, 2.75) is 52.7 Å². The lowest BCUT2D eigenvalue weighted by Crippen LogP contribution is -2.45. The topological polar surface area (TPSA) is 66.0 Å². The van der Waals surface area contributed by atoms with Gasteiger partial charge in [-0.2, -0.15) is 13.2 Å². The summed E-state index contributed by atoms with van der Waals surface area (Å²) in [5, 5.41) is 1.73. The van der Waals surface area contributed by atoms with E-state index in [9.17, 15) is 18.0 Å². The molecule has 5 atom stereocenters. The van der Waals surface area contributed by atoms with Crippen molar-refractivity contribution in [3.63, 3.8) is 0 Å². The monoisotopic (exact) mass is 399 g/mol. The van der Waals surface area contributed by atoms with Gasteiger partial charge in [-0.3, -0.25) is 4.79 Å². The number of carbonyl (C=O) groups excluding carboxylic acids is 1. The Kier molecular flexibility index (Phi) is 10.6. The van der Waals surface area contributed by atoms with E-state index in [1.54, 1.807) is 5.32 Å². The third-order valence-corrected chi connectivity index (χ3v) is 5.06. The standard InChI is InChI=1S/C18H32F3NO5/c1-5-15-13(3)12(2)14(4)16(27-15)26-11-10-25-9-8-24-7-6-22-17(23)18(19,20)21/h12-16H,5-11H2,1-4H3,(H,22,23)/t12-,13-,14?,15?,16-/m0/s1. The molecule has 0 radical (unpaired) electrons. The van der Waals surface area contributed by atoms with Gasteiger partial charge in [-0.25, -0.2) is 0 Å². The SMILES string of the molecule is CCC1O[C@H](OCCOCCOCCNC(=O)C(F)(F)F)C(C)[C@@H](C)[C@@H]1C. The normalized spacial score (nSPS) is 28.9. The molecule has 1 heterocycles. The largest absolute Gasteiger partial charge is 0.471 e. The van der Waals surface area contributed by atoms with Gasteiger partial charge < -0.3 is 24.3 Å². The summed E-state index contributed by atoms with van der Waals surface area (Å²) in [6.07, 6.45) is -3.95. The van der Waals surface area contributed by atoms with E-state index in [0.717, 1.165) is 6.42 Å². The molecule has 1 aliphatic heterocycles. The summed E-state index contributed by atoms with van der Waals surface area (Å²) < 4.78 is 58.1. The van der Waals surface area contributed by atoms with Crippen molar-refractivity contribution in [2.24, 2.45) is 17.8 Å². The molecule has 0 saturated carbocycles. The zero-order chi connectivity index (χ0) is 20.4. The second-order valence-electron chi connectivity index (χ2n) is 6.88. The molecular formula is C18H32F3NO5. The molecule has 1 rings (SSSR count). The number of rotatable bonds is 11. The molecule has 9 heteroatoms. The number of halogens is 3. The predicted octanol–water partition coefficient (Wildman–Crippen LogP) is 2.76. The molecule has 0 bridgehead atoms. The maximum atomic E-state index is 11.9. The number of alkyl halides is 3. The molecule has 0 aromatic rings. The number of hydrogen-bond acceptors (Lipinski definition) is 5. The Morgan fingerprint density at radius 2 is 1.56 bits per heavy atom. The average Bonchev–Trinajstić information content (AvgIpc) is 2.61. The Hall–Kier alpha value is -0.900. The van der Waals surface area contributed by atoms with Gasteiger partial charge in [-0.1, -0.05) is 27.7 Å². The van der Waals surface area contributed by atoms with Gasteiger partial charge in [0.15, 0.2) is 6.29 Å². The fourth-order valence-corrected chi connectivity index (χ4v) is 3.03. The molecule has 1 N–H and O–H groups in total. The summed E-state index contributed by atoms with van der Waals surface area (Å²) in [5.41, 5.74) is 0. The summed E-state index contributed by atoms with van der Waals surface area (Å²) in [5.74, 6) is -0.647. The maximum absolute atomic E-state index is 11.9. The first-order chi connectivity index (χ1) is 12.7. The quantitative estimate of drug-likeness (QED) is 0.541. The molecule has 27 heavy (non-hydrogen) atoms. The number of nitrogens with one attached hydrogen (secondary N) is 1. The zero-order valence-electron chi connectivity index (χ0n) is 16.5. The van der Waals surface area contributed by atoms with Crippen LogP contribution in [0, 0.1) is 17.8 Å². The Balaban J connectivity index is 2.03. The molecule has 0 aliphatic carbocycles. The third-order valence-electron chi connectivity index (χ3n) is 5.06. The van der Waals surface area contributed by atoms with Crippen LogP contribution in [0.5, 0.6) is 0 Å². The minimum atomic E-state index is -4.87. The number of hydrogen-bond donors (Lipinski definition) is 1. The maximum Gasteiger partial charge on any atom is 0.471 e. The van der Waals surface area contributed by atoms with Crippen molar-refractivity contribution >= 4 is 5.91 Å². The average molecular weight is 399 g/mol. The molecular weight excluding hydrogens is 367 g/mol. The highest BCUT2D eigenvalue weighted by Crippen LogP contribution is 2.36. The third kappa shape index (κ3) is 8.33. The van der Waals surface area contributed by atoms with Crippen molar-refractivity contribution in [3.05, 3.63) is 0 Å². The van der Waals surface area contributed by atoms with Crippen LogP contribution in [0.1, 0.15) is 34.1 Å². The minimum Gasteiger partial charge on any atom is -0.377 e. The van der Waals surface area contributed by atoms with Crippen molar-refractivity contribution in [1.82, 2.24) is 5.32 Å². The smallest absolute Gasteiger partial charge is 0.377 e. The molecule has 1 amide bonds. The zero-order valence-corrected chi connectivity index (χ0v) is 16.5. The van der Waals surface area contributed by atoms with E-state index in [0.29, 0.717) is 37.6 Å². The van der Waals surface area contributed by atoms with Crippen molar-refractivity contribution in [3.8, 4) is 0 Å². The van der Waals surface area contributed by atoms with Crippen LogP contribution in [0.2, 0.25) is 0 Å². The van der Waals surface area contributed by atoms with Crippen LogP contribution in [0.15, 0.2) is 0 Å². The summed E-state index contributed by atoms with van der Waals surface area (Å²) in [7, 11) is 0. The molecule has 2 unspecified atom stereocenters. The summed E-state index contributed by atoms with van der Waals surface area (Å²) in [6.45, 7) is 9.76. The van der Waals surface area contributed by atoms with E-state index < -0.39 is 12.1 Å². The van der Waals surface area contributed by atoms with Gasteiger partial charge in [0.25, 0.3) is 0 Å². The first-order valence-corrected chi connectivity index (χ1v) is 9.46. The first kappa shape index (κ1) is 24.1. The van der Waals surface area contributed by atoms with E-state index in [1.165, 1.54) is 0 Å². The van der Waals surface area contributed by atoms with E-state index in [2.05, 4.69) is 27.7 Å². The van der Waals surface area contributed by atoms with Crippen LogP contribution in [0.3, 0.4) is 0 Å². The Bertz CT molecular complexity index is 434. The molecule has 1 fully saturated rings. The summed E-state index contributed by atoms with van der Waals surface area (Å²) in [4.78, 5) is 10.6. The second kappa shape index (κ2) is 11.8. The van der Waals surface area contributed by atoms with Crippen LogP contribution >= 0.6 is 0 Å². The van der Waals surface area contributed by atoms with Crippen molar-refractivity contribution in [1.29, 1.82) is 0 Å². The van der Waals surface area contributed by atoms with Gasteiger partial charge in [-0.15, -0.1) is 0 Å². The fraction of sp³-hybridized carbons (Fsp3) is 0.944. The molecule has 1 aliphatic rings. The highest BCUT2D eigenvalue weighted by molar-refractivity contribution is 5.81. The van der Waals surface area contributed by atoms with E-state index in [1.807, 2.05) is 0 Å². The number of ether oxygens (including phenoxy) is 4. The predicted molar refractivity (Wildman–Crippen MR) is 93.1 cm³/mol. The second-order valence-corrected chi connectivity index (χ2v) is 6.88. The molecule has 160 valence electrons. The molecule has 1 saturated heterocycles. The summed E-state index contributed by atoms with van der Waals surface area (Å²) in [6, 6.07) is 0. The van der Waals surface area contributed by atoms with Crippen molar-refractivity contribution in [2.75, 3.05) is 39.6 Å². The highest BCUT2D eigenvalue weighted by atomic mass is 19.4. The first-order valence-electron chi connectivity index (χ1n) is 9.46. The number of amides is 1. The van der Waals surface area contributed by atoms with Gasteiger partial charge in [0.2, 0.25) is 0 Å². The van der Waals surface area contributed by atoms with Gasteiger partial charge in [0.1, 0.15) is 0 Å².